The van der Waals surface area contributed by atoms with Crippen molar-refractivity contribution in [2.75, 3.05) is 26.2 Å². The first kappa shape index (κ1) is 21.5. The van der Waals surface area contributed by atoms with E-state index in [2.05, 4.69) is 0 Å². The molecule has 1 aliphatic heterocycles. The fourth-order valence-electron chi connectivity index (χ4n) is 3.29. The number of benzene rings is 2. The van der Waals surface area contributed by atoms with Crippen molar-refractivity contribution in [3.63, 3.8) is 0 Å². The molecule has 0 aromatic heterocycles. The SMILES string of the molecule is O=C(/C=C/c1ccccc1[N+](=O)[O-])N1CCN(Cc2cccc(C(F)(F)F)c2)CC1. The van der Waals surface area contributed by atoms with E-state index in [4.69, 9.17) is 0 Å². The van der Waals surface area contributed by atoms with Gasteiger partial charge in [0.15, 0.2) is 0 Å². The maximum Gasteiger partial charge on any atom is 0.416 e. The molecule has 3 rings (SSSR count). The van der Waals surface area contributed by atoms with Gasteiger partial charge in [-0.1, -0.05) is 30.3 Å². The molecule has 1 amide bonds. The molecule has 1 aliphatic rings. The van der Waals surface area contributed by atoms with Crippen LogP contribution >= 0.6 is 0 Å². The molecule has 0 radical (unpaired) electrons. The van der Waals surface area contributed by atoms with Crippen LogP contribution < -0.4 is 0 Å². The molecule has 0 saturated carbocycles. The summed E-state index contributed by atoms with van der Waals surface area (Å²) in [7, 11) is 0. The molecule has 1 heterocycles. The summed E-state index contributed by atoms with van der Waals surface area (Å²) in [6.45, 7) is 2.29. The lowest BCUT2D eigenvalue weighted by molar-refractivity contribution is -0.385. The Labute approximate surface area is 171 Å². The average Bonchev–Trinajstić information content (AvgIpc) is 2.72. The molecule has 2 aromatic rings. The first-order valence-corrected chi connectivity index (χ1v) is 9.33. The van der Waals surface area contributed by atoms with Crippen LogP contribution in [0.3, 0.4) is 0 Å². The Hall–Kier alpha value is -3.20. The Balaban J connectivity index is 1.56. The van der Waals surface area contributed by atoms with E-state index in [0.717, 1.165) is 12.1 Å². The third-order valence-corrected chi connectivity index (χ3v) is 4.88. The predicted molar refractivity (Wildman–Crippen MR) is 105 cm³/mol. The Morgan fingerprint density at radius 2 is 1.77 bits per heavy atom. The Morgan fingerprint density at radius 1 is 1.07 bits per heavy atom. The zero-order valence-electron chi connectivity index (χ0n) is 16.0. The van der Waals surface area contributed by atoms with E-state index in [1.807, 2.05) is 4.90 Å². The summed E-state index contributed by atoms with van der Waals surface area (Å²) in [5.74, 6) is -0.258. The van der Waals surface area contributed by atoms with Crippen LogP contribution in [0, 0.1) is 10.1 Å². The number of hydrogen-bond donors (Lipinski definition) is 0. The quantitative estimate of drug-likeness (QED) is 0.418. The lowest BCUT2D eigenvalue weighted by atomic mass is 10.1. The molecule has 158 valence electrons. The van der Waals surface area contributed by atoms with Gasteiger partial charge in [-0.25, -0.2) is 0 Å². The molecule has 30 heavy (non-hydrogen) atoms. The zero-order valence-corrected chi connectivity index (χ0v) is 16.0. The maximum atomic E-state index is 12.8. The van der Waals surface area contributed by atoms with Gasteiger partial charge in [0.05, 0.1) is 16.1 Å². The van der Waals surface area contributed by atoms with Gasteiger partial charge in [0, 0.05) is 44.9 Å². The van der Waals surface area contributed by atoms with Crippen molar-refractivity contribution in [2.45, 2.75) is 12.7 Å². The molecule has 1 fully saturated rings. The smallest absolute Gasteiger partial charge is 0.337 e. The second-order valence-electron chi connectivity index (χ2n) is 6.95. The van der Waals surface area contributed by atoms with Crippen LogP contribution in [0.25, 0.3) is 6.08 Å². The third-order valence-electron chi connectivity index (χ3n) is 4.88. The first-order chi connectivity index (χ1) is 14.2. The van der Waals surface area contributed by atoms with Gasteiger partial charge in [0.1, 0.15) is 0 Å². The minimum atomic E-state index is -4.37. The van der Waals surface area contributed by atoms with E-state index >= 15 is 0 Å². The van der Waals surface area contributed by atoms with Crippen LogP contribution in [0.5, 0.6) is 0 Å². The lowest BCUT2D eigenvalue weighted by Crippen LogP contribution is -2.47. The lowest BCUT2D eigenvalue weighted by Gasteiger charge is -2.34. The average molecular weight is 419 g/mol. The van der Waals surface area contributed by atoms with Crippen LogP contribution in [-0.4, -0.2) is 46.8 Å². The minimum Gasteiger partial charge on any atom is -0.337 e. The van der Waals surface area contributed by atoms with Crippen molar-refractivity contribution in [1.29, 1.82) is 0 Å². The van der Waals surface area contributed by atoms with Crippen molar-refractivity contribution in [3.05, 3.63) is 81.4 Å². The third kappa shape index (κ3) is 5.44. The molecule has 0 atom stereocenters. The summed E-state index contributed by atoms with van der Waals surface area (Å²) in [4.78, 5) is 26.5. The number of amides is 1. The van der Waals surface area contributed by atoms with E-state index < -0.39 is 16.7 Å². The first-order valence-electron chi connectivity index (χ1n) is 9.33. The molecular weight excluding hydrogens is 399 g/mol. The number of rotatable bonds is 5. The number of alkyl halides is 3. The highest BCUT2D eigenvalue weighted by molar-refractivity contribution is 5.92. The second kappa shape index (κ2) is 9.08. The van der Waals surface area contributed by atoms with Crippen molar-refractivity contribution >= 4 is 17.7 Å². The molecule has 9 heteroatoms. The molecule has 1 saturated heterocycles. The number of halogens is 3. The molecule has 0 unspecified atom stereocenters. The summed E-state index contributed by atoms with van der Waals surface area (Å²) in [5.41, 5.74) is 0.168. The van der Waals surface area contributed by atoms with Gasteiger partial charge in [-0.3, -0.25) is 19.8 Å². The Bertz CT molecular complexity index is 952. The van der Waals surface area contributed by atoms with Crippen LogP contribution in [0.1, 0.15) is 16.7 Å². The molecule has 0 N–H and O–H groups in total. The number of nitro groups is 1. The molecule has 0 bridgehead atoms. The number of carbonyl (C=O) groups excluding carboxylic acids is 1. The van der Waals surface area contributed by atoms with E-state index in [9.17, 15) is 28.1 Å². The van der Waals surface area contributed by atoms with Crippen LogP contribution in [0.4, 0.5) is 18.9 Å². The summed E-state index contributed by atoms with van der Waals surface area (Å²) in [6.07, 6.45) is -1.64. The van der Waals surface area contributed by atoms with E-state index in [-0.39, 0.29) is 11.6 Å². The van der Waals surface area contributed by atoms with Gasteiger partial charge >= 0.3 is 6.18 Å². The summed E-state index contributed by atoms with van der Waals surface area (Å²) < 4.78 is 38.5. The monoisotopic (exact) mass is 419 g/mol. The molecule has 0 aliphatic carbocycles. The van der Waals surface area contributed by atoms with Crippen molar-refractivity contribution in [3.8, 4) is 0 Å². The number of para-hydroxylation sites is 1. The van der Waals surface area contributed by atoms with Gasteiger partial charge in [-0.15, -0.1) is 0 Å². The van der Waals surface area contributed by atoms with Crippen LogP contribution in [0.15, 0.2) is 54.6 Å². The second-order valence-corrected chi connectivity index (χ2v) is 6.95. The van der Waals surface area contributed by atoms with Gasteiger partial charge < -0.3 is 4.90 Å². The van der Waals surface area contributed by atoms with E-state index in [1.165, 1.54) is 24.3 Å². The van der Waals surface area contributed by atoms with Crippen molar-refractivity contribution < 1.29 is 22.9 Å². The minimum absolute atomic E-state index is 0.0764. The molecule has 0 spiro atoms. The Kier molecular flexibility index (Phi) is 6.51. The van der Waals surface area contributed by atoms with Gasteiger partial charge in [0.2, 0.25) is 5.91 Å². The highest BCUT2D eigenvalue weighted by Crippen LogP contribution is 2.29. The molecule has 2 aromatic carbocycles. The molecular formula is C21H20F3N3O3. The normalized spacial score (nSPS) is 15.5. The van der Waals surface area contributed by atoms with Gasteiger partial charge in [-0.05, 0) is 23.8 Å². The van der Waals surface area contributed by atoms with E-state index in [0.29, 0.717) is 43.9 Å². The van der Waals surface area contributed by atoms with Gasteiger partial charge in [-0.2, -0.15) is 13.2 Å². The maximum absolute atomic E-state index is 12.8. The number of hydrogen-bond acceptors (Lipinski definition) is 4. The van der Waals surface area contributed by atoms with Crippen molar-refractivity contribution in [2.24, 2.45) is 0 Å². The number of piperazine rings is 1. The van der Waals surface area contributed by atoms with Crippen LogP contribution in [0.2, 0.25) is 0 Å². The highest BCUT2D eigenvalue weighted by atomic mass is 19.4. The molecule has 6 nitrogen and oxygen atoms in total. The predicted octanol–water partition coefficient (Wildman–Crippen LogP) is 3.97. The van der Waals surface area contributed by atoms with E-state index in [1.54, 1.807) is 29.2 Å². The summed E-state index contributed by atoms with van der Waals surface area (Å²) in [6, 6.07) is 11.4. The standard InChI is InChI=1S/C21H20F3N3O3/c22-21(23,24)18-6-3-4-16(14-18)15-25-10-12-26(13-11-25)20(28)9-8-17-5-1-2-7-19(17)27(29)30/h1-9,14H,10-13,15H2/b9-8+. The van der Waals surface area contributed by atoms with Crippen molar-refractivity contribution in [1.82, 2.24) is 9.80 Å². The fourth-order valence-corrected chi connectivity index (χ4v) is 3.29. The number of nitro benzene ring substituents is 1. The topological polar surface area (TPSA) is 66.7 Å². The summed E-state index contributed by atoms with van der Waals surface area (Å²) >= 11 is 0. The van der Waals surface area contributed by atoms with Crippen LogP contribution in [-0.2, 0) is 17.5 Å². The number of carbonyl (C=O) groups is 1. The summed E-state index contributed by atoms with van der Waals surface area (Å²) in [5, 5.41) is 11.0. The number of nitrogens with zero attached hydrogens (tertiary/aromatic N) is 3. The fraction of sp³-hybridized carbons (Fsp3) is 0.286. The highest BCUT2D eigenvalue weighted by Gasteiger charge is 2.30. The van der Waals surface area contributed by atoms with Gasteiger partial charge in [0.25, 0.3) is 5.69 Å². The largest absolute Gasteiger partial charge is 0.416 e. The zero-order chi connectivity index (χ0) is 21.7. The Morgan fingerprint density at radius 3 is 2.43 bits per heavy atom.